The molecule has 1 heterocycles. The van der Waals surface area contributed by atoms with Crippen molar-refractivity contribution in [3.63, 3.8) is 0 Å². The van der Waals surface area contributed by atoms with Crippen LogP contribution in [0.4, 0.5) is 0 Å². The lowest BCUT2D eigenvalue weighted by Gasteiger charge is -2.38. The monoisotopic (exact) mass is 411 g/mol. The Hall–Kier alpha value is -2.53. The molecule has 1 amide bonds. The highest BCUT2D eigenvalue weighted by Gasteiger charge is 2.37. The van der Waals surface area contributed by atoms with E-state index in [1.807, 2.05) is 6.07 Å². The molecule has 0 saturated carbocycles. The molecular weight excluding hydrogens is 376 g/mol. The van der Waals surface area contributed by atoms with Gasteiger partial charge in [0.2, 0.25) is 5.91 Å². The van der Waals surface area contributed by atoms with Crippen LogP contribution in [0, 0.1) is 5.92 Å². The minimum atomic E-state index is 0.00659. The highest BCUT2D eigenvalue weighted by atomic mass is 16.5. The SMILES string of the molecule is COc1cc2c(cc1OC)[C@H]([C@H](C)NC(=O)CC(C)C)[NH+](Cc1ccccc1)CC2. The van der Waals surface area contributed by atoms with Gasteiger partial charge < -0.3 is 19.7 Å². The van der Waals surface area contributed by atoms with Gasteiger partial charge in [-0.05, 0) is 30.5 Å². The molecule has 0 aromatic heterocycles. The summed E-state index contributed by atoms with van der Waals surface area (Å²) in [4.78, 5) is 14.0. The Labute approximate surface area is 180 Å². The third kappa shape index (κ3) is 5.14. The van der Waals surface area contributed by atoms with E-state index >= 15 is 0 Å². The van der Waals surface area contributed by atoms with Crippen LogP contribution >= 0.6 is 0 Å². The Kier molecular flexibility index (Phi) is 7.38. The van der Waals surface area contributed by atoms with E-state index < -0.39 is 0 Å². The minimum absolute atomic E-state index is 0.00659. The predicted octanol–water partition coefficient (Wildman–Crippen LogP) is 2.94. The van der Waals surface area contributed by atoms with Crippen molar-refractivity contribution in [1.29, 1.82) is 0 Å². The molecule has 5 heteroatoms. The van der Waals surface area contributed by atoms with Crippen molar-refractivity contribution in [1.82, 2.24) is 5.32 Å². The van der Waals surface area contributed by atoms with Gasteiger partial charge in [-0.15, -0.1) is 0 Å². The summed E-state index contributed by atoms with van der Waals surface area (Å²) < 4.78 is 11.1. The second-order valence-electron chi connectivity index (χ2n) is 8.66. The maximum Gasteiger partial charge on any atom is 0.220 e. The van der Waals surface area contributed by atoms with E-state index in [2.05, 4.69) is 62.5 Å². The first-order chi connectivity index (χ1) is 14.4. The number of ether oxygens (including phenoxy) is 2. The fraction of sp³-hybridized carbons (Fsp3) is 0.480. The summed E-state index contributed by atoms with van der Waals surface area (Å²) in [5.74, 6) is 1.96. The molecule has 0 spiro atoms. The van der Waals surface area contributed by atoms with E-state index in [1.54, 1.807) is 14.2 Å². The van der Waals surface area contributed by atoms with Gasteiger partial charge in [0.15, 0.2) is 11.5 Å². The molecular formula is C25H35N2O3+. The quantitative estimate of drug-likeness (QED) is 0.702. The molecule has 1 aliphatic rings. The summed E-state index contributed by atoms with van der Waals surface area (Å²) in [7, 11) is 3.34. The average molecular weight is 412 g/mol. The number of nitrogens with one attached hydrogen (secondary N) is 2. The van der Waals surface area contributed by atoms with Gasteiger partial charge in [0.05, 0.1) is 26.8 Å². The number of carbonyl (C=O) groups is 1. The van der Waals surface area contributed by atoms with Gasteiger partial charge in [-0.25, -0.2) is 0 Å². The Bertz CT molecular complexity index is 851. The zero-order valence-electron chi connectivity index (χ0n) is 18.8. The molecule has 162 valence electrons. The minimum Gasteiger partial charge on any atom is -0.493 e. The van der Waals surface area contributed by atoms with Gasteiger partial charge >= 0.3 is 0 Å². The number of fused-ring (bicyclic) bond motifs is 1. The van der Waals surface area contributed by atoms with Crippen LogP contribution in [0.2, 0.25) is 0 Å². The average Bonchev–Trinajstić information content (AvgIpc) is 2.72. The molecule has 5 nitrogen and oxygen atoms in total. The molecule has 0 bridgehead atoms. The predicted molar refractivity (Wildman–Crippen MR) is 119 cm³/mol. The van der Waals surface area contributed by atoms with E-state index in [9.17, 15) is 4.79 Å². The Morgan fingerprint density at radius 2 is 1.77 bits per heavy atom. The number of benzene rings is 2. The van der Waals surface area contributed by atoms with Crippen LogP contribution in [0.5, 0.6) is 11.5 Å². The zero-order chi connectivity index (χ0) is 21.7. The van der Waals surface area contributed by atoms with Gasteiger partial charge in [-0.2, -0.15) is 0 Å². The molecule has 0 aliphatic carbocycles. The van der Waals surface area contributed by atoms with E-state index in [1.165, 1.54) is 21.6 Å². The summed E-state index contributed by atoms with van der Waals surface area (Å²) in [6.07, 6.45) is 1.52. The number of amides is 1. The molecule has 2 N–H and O–H groups in total. The van der Waals surface area contributed by atoms with E-state index in [4.69, 9.17) is 9.47 Å². The smallest absolute Gasteiger partial charge is 0.220 e. The van der Waals surface area contributed by atoms with Crippen LogP contribution in [-0.2, 0) is 17.8 Å². The lowest BCUT2D eigenvalue weighted by atomic mass is 9.87. The number of quaternary nitrogens is 1. The van der Waals surface area contributed by atoms with Crippen molar-refractivity contribution < 1.29 is 19.2 Å². The lowest BCUT2D eigenvalue weighted by molar-refractivity contribution is -0.948. The van der Waals surface area contributed by atoms with Crippen LogP contribution in [0.3, 0.4) is 0 Å². The van der Waals surface area contributed by atoms with E-state index in [0.717, 1.165) is 31.0 Å². The highest BCUT2D eigenvalue weighted by molar-refractivity contribution is 5.76. The van der Waals surface area contributed by atoms with Crippen molar-refractivity contribution in [2.45, 2.75) is 52.2 Å². The summed E-state index contributed by atoms with van der Waals surface area (Å²) in [6.45, 7) is 8.20. The van der Waals surface area contributed by atoms with Crippen molar-refractivity contribution in [2.24, 2.45) is 5.92 Å². The number of hydrogen-bond acceptors (Lipinski definition) is 3. The number of methoxy groups -OCH3 is 2. The Morgan fingerprint density at radius 3 is 2.40 bits per heavy atom. The standard InChI is InChI=1S/C25H34N2O3/c1-17(2)13-24(28)26-18(3)25-21-15-23(30-5)22(29-4)14-20(21)11-12-27(25)16-19-9-7-6-8-10-19/h6-10,14-15,17-18,25H,11-13,16H2,1-5H3,(H,26,28)/p+1/t18-,25-/m0/s1. The molecule has 0 radical (unpaired) electrons. The van der Waals surface area contributed by atoms with E-state index in [-0.39, 0.29) is 18.0 Å². The normalized spacial score (nSPS) is 19.1. The maximum absolute atomic E-state index is 12.5. The number of carbonyl (C=O) groups excluding carboxylic acids is 1. The van der Waals surface area contributed by atoms with Crippen LogP contribution < -0.4 is 19.7 Å². The van der Waals surface area contributed by atoms with Crippen LogP contribution in [0.1, 0.15) is 49.9 Å². The van der Waals surface area contributed by atoms with Gasteiger partial charge in [-0.1, -0.05) is 44.2 Å². The Morgan fingerprint density at radius 1 is 1.10 bits per heavy atom. The fourth-order valence-corrected chi connectivity index (χ4v) is 4.56. The fourth-order valence-electron chi connectivity index (χ4n) is 4.56. The lowest BCUT2D eigenvalue weighted by Crippen LogP contribution is -3.13. The van der Waals surface area contributed by atoms with E-state index in [0.29, 0.717) is 12.3 Å². The van der Waals surface area contributed by atoms with Crippen LogP contribution in [0.15, 0.2) is 42.5 Å². The molecule has 2 aromatic rings. The van der Waals surface area contributed by atoms with Crippen molar-refractivity contribution in [2.75, 3.05) is 20.8 Å². The zero-order valence-corrected chi connectivity index (χ0v) is 18.8. The first kappa shape index (κ1) is 22.2. The van der Waals surface area contributed by atoms with Gasteiger partial charge in [0, 0.05) is 24.0 Å². The van der Waals surface area contributed by atoms with Gasteiger partial charge in [0.25, 0.3) is 0 Å². The van der Waals surface area contributed by atoms with Crippen molar-refractivity contribution >= 4 is 5.91 Å². The first-order valence-electron chi connectivity index (χ1n) is 10.9. The van der Waals surface area contributed by atoms with Crippen molar-refractivity contribution in [3.05, 3.63) is 59.2 Å². The van der Waals surface area contributed by atoms with Crippen molar-refractivity contribution in [3.8, 4) is 11.5 Å². The molecule has 30 heavy (non-hydrogen) atoms. The third-order valence-corrected chi connectivity index (χ3v) is 5.89. The molecule has 3 rings (SSSR count). The summed E-state index contributed by atoms with van der Waals surface area (Å²) in [5, 5.41) is 3.27. The number of rotatable bonds is 8. The Balaban J connectivity index is 1.95. The van der Waals surface area contributed by atoms with Crippen LogP contribution in [0.25, 0.3) is 0 Å². The molecule has 0 fully saturated rings. The maximum atomic E-state index is 12.5. The highest BCUT2D eigenvalue weighted by Crippen LogP contribution is 2.35. The molecule has 0 saturated heterocycles. The molecule has 2 aromatic carbocycles. The van der Waals surface area contributed by atoms with Gasteiger partial charge in [-0.3, -0.25) is 4.79 Å². The summed E-state index contributed by atoms with van der Waals surface area (Å²) in [6, 6.07) is 14.9. The molecule has 1 unspecified atom stereocenters. The van der Waals surface area contributed by atoms with Crippen LogP contribution in [-0.4, -0.2) is 32.7 Å². The third-order valence-electron chi connectivity index (χ3n) is 5.89. The topological polar surface area (TPSA) is 52.0 Å². The molecule has 3 atom stereocenters. The number of hydrogen-bond donors (Lipinski definition) is 2. The molecule has 1 aliphatic heterocycles. The second-order valence-corrected chi connectivity index (χ2v) is 8.66. The second kappa shape index (κ2) is 9.98. The summed E-state index contributed by atoms with van der Waals surface area (Å²) >= 11 is 0. The first-order valence-corrected chi connectivity index (χ1v) is 10.9. The summed E-state index contributed by atoms with van der Waals surface area (Å²) in [5.41, 5.74) is 3.82. The largest absolute Gasteiger partial charge is 0.493 e. The van der Waals surface area contributed by atoms with Gasteiger partial charge in [0.1, 0.15) is 12.6 Å².